The quantitative estimate of drug-likeness (QED) is 0.358. The van der Waals surface area contributed by atoms with Gasteiger partial charge in [-0.25, -0.2) is 13.2 Å². The molecule has 1 nitrogen and oxygen atoms in total. The maximum atomic E-state index is 14.0. The van der Waals surface area contributed by atoms with Gasteiger partial charge in [0.25, 0.3) is 0 Å². The summed E-state index contributed by atoms with van der Waals surface area (Å²) in [6.45, 7) is 0.994. The van der Waals surface area contributed by atoms with Gasteiger partial charge in [0.1, 0.15) is 0 Å². The lowest BCUT2D eigenvalue weighted by Crippen LogP contribution is -2.13. The van der Waals surface area contributed by atoms with Crippen molar-refractivity contribution in [2.75, 3.05) is 6.86 Å². The van der Waals surface area contributed by atoms with Crippen LogP contribution in [0.3, 0.4) is 0 Å². The smallest absolute Gasteiger partial charge is 0.228 e. The van der Waals surface area contributed by atoms with Gasteiger partial charge >= 0.3 is 0 Å². The Kier molecular flexibility index (Phi) is 7.19. The molecule has 1 aliphatic carbocycles. The van der Waals surface area contributed by atoms with Crippen LogP contribution in [0.2, 0.25) is 0 Å². The lowest BCUT2D eigenvalue weighted by molar-refractivity contribution is 0.176. The Morgan fingerprint density at radius 1 is 0.750 bits per heavy atom. The molecule has 0 bridgehead atoms. The van der Waals surface area contributed by atoms with Crippen molar-refractivity contribution < 1.29 is 17.9 Å². The minimum absolute atomic E-state index is 0.381. The molecule has 168 valence electrons. The predicted octanol–water partition coefficient (Wildman–Crippen LogP) is 8.68. The van der Waals surface area contributed by atoms with Crippen LogP contribution in [-0.4, -0.2) is 6.86 Å². The first-order valence-corrected chi connectivity index (χ1v) is 11.5. The SMILES string of the molecule is CCCC1CCC(c2ccc(-c3ccc(-c4cc(F)c(OCF)c(F)c4)cc3)cc2)CC1. The summed E-state index contributed by atoms with van der Waals surface area (Å²) in [5.74, 6) is -0.953. The van der Waals surface area contributed by atoms with Gasteiger partial charge < -0.3 is 4.74 Å². The second-order valence-electron chi connectivity index (χ2n) is 8.73. The van der Waals surface area contributed by atoms with Gasteiger partial charge in [0.05, 0.1) is 0 Å². The monoisotopic (exact) mass is 438 g/mol. The maximum absolute atomic E-state index is 14.0. The highest BCUT2D eigenvalue weighted by atomic mass is 19.1. The van der Waals surface area contributed by atoms with Gasteiger partial charge in [-0.3, -0.25) is 0 Å². The van der Waals surface area contributed by atoms with E-state index >= 15 is 0 Å². The largest absolute Gasteiger partial charge is 0.457 e. The number of ether oxygens (including phenoxy) is 1. The van der Waals surface area contributed by atoms with Crippen molar-refractivity contribution in [2.45, 2.75) is 51.4 Å². The minimum atomic E-state index is -1.28. The van der Waals surface area contributed by atoms with Crippen molar-refractivity contribution in [3.63, 3.8) is 0 Å². The van der Waals surface area contributed by atoms with Crippen LogP contribution in [0.5, 0.6) is 5.75 Å². The zero-order chi connectivity index (χ0) is 22.5. The predicted molar refractivity (Wildman–Crippen MR) is 123 cm³/mol. The zero-order valence-electron chi connectivity index (χ0n) is 18.4. The highest BCUT2D eigenvalue weighted by molar-refractivity contribution is 5.71. The average molecular weight is 439 g/mol. The van der Waals surface area contributed by atoms with Crippen molar-refractivity contribution in [2.24, 2.45) is 5.92 Å². The van der Waals surface area contributed by atoms with Gasteiger partial charge in [0.2, 0.25) is 6.86 Å². The average Bonchev–Trinajstić information content (AvgIpc) is 2.82. The number of alkyl halides is 1. The van der Waals surface area contributed by atoms with E-state index in [4.69, 9.17) is 0 Å². The molecule has 1 fully saturated rings. The fraction of sp³-hybridized carbons (Fsp3) is 0.357. The van der Waals surface area contributed by atoms with Crippen LogP contribution >= 0.6 is 0 Å². The molecule has 3 aromatic carbocycles. The summed E-state index contributed by atoms with van der Waals surface area (Å²) >= 11 is 0. The van der Waals surface area contributed by atoms with Gasteiger partial charge in [0.15, 0.2) is 17.4 Å². The number of benzene rings is 3. The van der Waals surface area contributed by atoms with Crippen molar-refractivity contribution in [1.29, 1.82) is 0 Å². The third-order valence-electron chi connectivity index (χ3n) is 6.67. The molecule has 0 atom stereocenters. The van der Waals surface area contributed by atoms with E-state index < -0.39 is 24.2 Å². The van der Waals surface area contributed by atoms with Gasteiger partial charge in [-0.15, -0.1) is 0 Å². The summed E-state index contributed by atoms with van der Waals surface area (Å²) in [7, 11) is 0. The van der Waals surface area contributed by atoms with E-state index in [2.05, 4.69) is 35.9 Å². The van der Waals surface area contributed by atoms with Crippen LogP contribution in [0.15, 0.2) is 60.7 Å². The third kappa shape index (κ3) is 5.01. The maximum Gasteiger partial charge on any atom is 0.228 e. The highest BCUT2D eigenvalue weighted by Gasteiger charge is 2.21. The van der Waals surface area contributed by atoms with Gasteiger partial charge in [-0.2, -0.15) is 0 Å². The van der Waals surface area contributed by atoms with Gasteiger partial charge in [0, 0.05) is 0 Å². The highest BCUT2D eigenvalue weighted by Crippen LogP contribution is 2.38. The van der Waals surface area contributed by atoms with Crippen molar-refractivity contribution in [3.8, 4) is 28.0 Å². The van der Waals surface area contributed by atoms with Crippen molar-refractivity contribution >= 4 is 0 Å². The van der Waals surface area contributed by atoms with E-state index in [1.165, 1.54) is 44.1 Å². The Hall–Kier alpha value is -2.75. The van der Waals surface area contributed by atoms with Crippen LogP contribution in [-0.2, 0) is 0 Å². The molecule has 1 aliphatic rings. The first-order valence-electron chi connectivity index (χ1n) is 11.5. The summed E-state index contributed by atoms with van der Waals surface area (Å²) in [4.78, 5) is 0. The fourth-order valence-corrected chi connectivity index (χ4v) is 4.91. The number of halogens is 3. The molecule has 0 spiro atoms. The summed E-state index contributed by atoms with van der Waals surface area (Å²) in [5.41, 5.74) is 4.64. The van der Waals surface area contributed by atoms with E-state index in [0.29, 0.717) is 17.0 Å². The van der Waals surface area contributed by atoms with Crippen LogP contribution in [0, 0.1) is 17.6 Å². The summed E-state index contributed by atoms with van der Waals surface area (Å²) < 4.78 is 44.8. The molecule has 3 aromatic rings. The van der Waals surface area contributed by atoms with Crippen LogP contribution < -0.4 is 4.74 Å². The van der Waals surface area contributed by atoms with Gasteiger partial charge in [-0.05, 0) is 77.5 Å². The van der Waals surface area contributed by atoms with E-state index in [9.17, 15) is 13.2 Å². The Balaban J connectivity index is 1.45. The Morgan fingerprint density at radius 3 is 1.75 bits per heavy atom. The number of hydrogen-bond acceptors (Lipinski definition) is 1. The molecular formula is C28H29F3O. The Morgan fingerprint density at radius 2 is 1.25 bits per heavy atom. The molecule has 4 rings (SSSR count). The normalized spacial score (nSPS) is 18.5. The molecule has 0 N–H and O–H groups in total. The Labute approximate surface area is 188 Å². The summed E-state index contributed by atoms with van der Waals surface area (Å²) in [6.07, 6.45) is 7.87. The number of rotatable bonds is 7. The van der Waals surface area contributed by atoms with E-state index in [1.807, 2.05) is 24.3 Å². The van der Waals surface area contributed by atoms with Crippen LogP contribution in [0.4, 0.5) is 13.2 Å². The zero-order valence-corrected chi connectivity index (χ0v) is 18.4. The van der Waals surface area contributed by atoms with Crippen molar-refractivity contribution in [3.05, 3.63) is 77.9 Å². The molecule has 0 saturated heterocycles. The Bertz CT molecular complexity index is 997. The lowest BCUT2D eigenvalue weighted by atomic mass is 9.77. The minimum Gasteiger partial charge on any atom is -0.457 e. The number of hydrogen-bond donors (Lipinski definition) is 0. The van der Waals surface area contributed by atoms with Gasteiger partial charge in [-0.1, -0.05) is 68.3 Å². The topological polar surface area (TPSA) is 9.23 Å². The second-order valence-corrected chi connectivity index (χ2v) is 8.73. The lowest BCUT2D eigenvalue weighted by Gasteiger charge is -2.28. The summed E-state index contributed by atoms with van der Waals surface area (Å²) in [5, 5.41) is 0. The van der Waals surface area contributed by atoms with Crippen molar-refractivity contribution in [1.82, 2.24) is 0 Å². The second kappa shape index (κ2) is 10.2. The molecule has 0 radical (unpaired) electrons. The fourth-order valence-electron chi connectivity index (χ4n) is 4.91. The standard InChI is InChI=1S/C28H29F3O/c1-2-3-19-4-6-20(7-5-19)21-8-10-22(11-9-21)23-12-14-24(15-13-23)25-16-26(30)28(32-18-29)27(31)17-25/h8-17,19-20H,2-7,18H2,1H3. The first kappa shape index (κ1) is 22.4. The van der Waals surface area contributed by atoms with Crippen LogP contribution in [0.1, 0.15) is 56.9 Å². The van der Waals surface area contributed by atoms with E-state index in [-0.39, 0.29) is 0 Å². The molecular weight excluding hydrogens is 409 g/mol. The molecule has 0 amide bonds. The first-order chi connectivity index (χ1) is 15.6. The molecule has 0 aliphatic heterocycles. The molecule has 32 heavy (non-hydrogen) atoms. The van der Waals surface area contributed by atoms with E-state index in [0.717, 1.165) is 29.2 Å². The molecule has 0 heterocycles. The third-order valence-corrected chi connectivity index (χ3v) is 6.67. The molecule has 0 unspecified atom stereocenters. The van der Waals surface area contributed by atoms with Crippen LogP contribution in [0.25, 0.3) is 22.3 Å². The van der Waals surface area contributed by atoms with E-state index in [1.54, 1.807) is 0 Å². The summed E-state index contributed by atoms with van der Waals surface area (Å²) in [6, 6.07) is 18.7. The molecule has 4 heteroatoms. The molecule has 1 saturated carbocycles. The molecule has 0 aromatic heterocycles.